The van der Waals surface area contributed by atoms with Gasteiger partial charge in [-0.25, -0.2) is 0 Å². The van der Waals surface area contributed by atoms with Crippen molar-refractivity contribution in [3.8, 4) is 0 Å². The first-order valence-corrected chi connectivity index (χ1v) is 5.22. The Hall–Kier alpha value is -0.120. The monoisotopic (exact) mass is 189 g/mol. The average molecular weight is 189 g/mol. The van der Waals surface area contributed by atoms with Crippen LogP contribution in [-0.4, -0.2) is 47.5 Å². The second-order valence-electron chi connectivity index (χ2n) is 3.56. The highest BCUT2D eigenvalue weighted by Crippen LogP contribution is 1.98. The molecule has 0 fully saturated rings. The van der Waals surface area contributed by atoms with Gasteiger partial charge in [-0.15, -0.1) is 0 Å². The molecule has 1 atom stereocenters. The first kappa shape index (κ1) is 12.9. The maximum absolute atomic E-state index is 9.12. The Morgan fingerprint density at radius 3 is 2.38 bits per heavy atom. The molecule has 0 spiro atoms. The van der Waals surface area contributed by atoms with Crippen molar-refractivity contribution in [3.63, 3.8) is 0 Å². The van der Waals surface area contributed by atoms with Crippen molar-refractivity contribution in [1.82, 2.24) is 4.90 Å². The van der Waals surface area contributed by atoms with E-state index in [2.05, 4.69) is 11.8 Å². The second-order valence-corrected chi connectivity index (χ2v) is 3.56. The summed E-state index contributed by atoms with van der Waals surface area (Å²) in [6, 6.07) is 0. The van der Waals surface area contributed by atoms with Gasteiger partial charge >= 0.3 is 0 Å². The van der Waals surface area contributed by atoms with Crippen LogP contribution in [0.2, 0.25) is 0 Å². The zero-order valence-corrected chi connectivity index (χ0v) is 8.87. The summed E-state index contributed by atoms with van der Waals surface area (Å²) in [6.45, 7) is 7.16. The molecule has 0 aromatic heterocycles. The van der Waals surface area contributed by atoms with Crippen molar-refractivity contribution < 1.29 is 10.2 Å². The molecular formula is C10H23NO2. The van der Waals surface area contributed by atoms with E-state index in [9.17, 15) is 0 Å². The van der Waals surface area contributed by atoms with Gasteiger partial charge in [-0.3, -0.25) is 0 Å². The van der Waals surface area contributed by atoms with Crippen molar-refractivity contribution in [3.05, 3.63) is 0 Å². The van der Waals surface area contributed by atoms with Gasteiger partial charge in [0.2, 0.25) is 0 Å². The standard InChI is InChI=1S/C10H23NO2/c1-3-6-11(7-4-9-12)8-5-10(2)13/h10,12-13H,3-9H2,1-2H3. The Balaban J connectivity index is 3.53. The third-order valence-corrected chi connectivity index (χ3v) is 2.04. The Kier molecular flexibility index (Phi) is 8.40. The molecule has 0 amide bonds. The quantitative estimate of drug-likeness (QED) is 0.595. The molecule has 0 aliphatic heterocycles. The Morgan fingerprint density at radius 1 is 1.23 bits per heavy atom. The molecule has 0 aliphatic carbocycles. The Bertz CT molecular complexity index is 107. The lowest BCUT2D eigenvalue weighted by Crippen LogP contribution is -2.29. The lowest BCUT2D eigenvalue weighted by atomic mass is 10.2. The van der Waals surface area contributed by atoms with Crippen LogP contribution < -0.4 is 0 Å². The van der Waals surface area contributed by atoms with Gasteiger partial charge in [-0.1, -0.05) is 6.92 Å². The van der Waals surface area contributed by atoms with E-state index in [4.69, 9.17) is 10.2 Å². The van der Waals surface area contributed by atoms with Gasteiger partial charge in [-0.05, 0) is 32.7 Å². The maximum atomic E-state index is 9.12. The van der Waals surface area contributed by atoms with Crippen molar-refractivity contribution >= 4 is 0 Å². The van der Waals surface area contributed by atoms with E-state index in [1.165, 1.54) is 0 Å². The summed E-state index contributed by atoms with van der Waals surface area (Å²) < 4.78 is 0. The highest BCUT2D eigenvalue weighted by atomic mass is 16.3. The normalized spacial score (nSPS) is 13.6. The fraction of sp³-hybridized carbons (Fsp3) is 1.00. The van der Waals surface area contributed by atoms with Crippen molar-refractivity contribution in [2.45, 2.75) is 39.2 Å². The van der Waals surface area contributed by atoms with E-state index in [1.54, 1.807) is 0 Å². The molecule has 3 nitrogen and oxygen atoms in total. The third-order valence-electron chi connectivity index (χ3n) is 2.04. The van der Waals surface area contributed by atoms with E-state index < -0.39 is 0 Å². The molecule has 13 heavy (non-hydrogen) atoms. The minimum Gasteiger partial charge on any atom is -0.396 e. The summed E-state index contributed by atoms with van der Waals surface area (Å²) >= 11 is 0. The number of aliphatic hydroxyl groups excluding tert-OH is 2. The van der Waals surface area contributed by atoms with Crippen LogP contribution in [0.4, 0.5) is 0 Å². The van der Waals surface area contributed by atoms with Gasteiger partial charge in [0.25, 0.3) is 0 Å². The highest BCUT2D eigenvalue weighted by Gasteiger charge is 2.04. The molecule has 0 aromatic carbocycles. The van der Waals surface area contributed by atoms with E-state index >= 15 is 0 Å². The van der Waals surface area contributed by atoms with Gasteiger partial charge in [0, 0.05) is 19.7 Å². The number of nitrogens with zero attached hydrogens (tertiary/aromatic N) is 1. The molecule has 0 aromatic rings. The highest BCUT2D eigenvalue weighted by molar-refractivity contribution is 4.59. The van der Waals surface area contributed by atoms with Crippen LogP contribution in [0.15, 0.2) is 0 Å². The zero-order chi connectivity index (χ0) is 10.1. The number of aliphatic hydroxyl groups is 2. The van der Waals surface area contributed by atoms with Crippen LogP contribution in [0, 0.1) is 0 Å². The molecule has 0 bridgehead atoms. The summed E-state index contributed by atoms with van der Waals surface area (Å²) in [5.41, 5.74) is 0. The minimum absolute atomic E-state index is 0.214. The predicted molar refractivity (Wildman–Crippen MR) is 54.7 cm³/mol. The van der Waals surface area contributed by atoms with Crippen LogP contribution in [-0.2, 0) is 0 Å². The molecule has 0 heterocycles. The van der Waals surface area contributed by atoms with Gasteiger partial charge in [0.1, 0.15) is 0 Å². The largest absolute Gasteiger partial charge is 0.396 e. The van der Waals surface area contributed by atoms with E-state index in [0.29, 0.717) is 0 Å². The number of rotatable bonds is 8. The molecule has 0 saturated heterocycles. The van der Waals surface area contributed by atoms with Gasteiger partial charge < -0.3 is 15.1 Å². The average Bonchev–Trinajstić information content (AvgIpc) is 2.09. The lowest BCUT2D eigenvalue weighted by Gasteiger charge is -2.21. The zero-order valence-electron chi connectivity index (χ0n) is 8.87. The predicted octanol–water partition coefficient (Wildman–Crippen LogP) is 0.852. The van der Waals surface area contributed by atoms with Gasteiger partial charge in [-0.2, -0.15) is 0 Å². The van der Waals surface area contributed by atoms with Crippen molar-refractivity contribution in [1.29, 1.82) is 0 Å². The smallest absolute Gasteiger partial charge is 0.0524 e. The van der Waals surface area contributed by atoms with E-state index in [1.807, 2.05) is 6.92 Å². The van der Waals surface area contributed by atoms with E-state index in [-0.39, 0.29) is 12.7 Å². The Labute approximate surface area is 81.4 Å². The molecule has 80 valence electrons. The Morgan fingerprint density at radius 2 is 1.92 bits per heavy atom. The summed E-state index contributed by atoms with van der Waals surface area (Å²) in [7, 11) is 0. The first-order chi connectivity index (χ1) is 6.20. The number of hydrogen-bond acceptors (Lipinski definition) is 3. The van der Waals surface area contributed by atoms with Crippen LogP contribution in [0.25, 0.3) is 0 Å². The minimum atomic E-state index is -0.214. The van der Waals surface area contributed by atoms with Crippen molar-refractivity contribution in [2.24, 2.45) is 0 Å². The molecular weight excluding hydrogens is 166 g/mol. The van der Waals surface area contributed by atoms with Gasteiger partial charge in [0.15, 0.2) is 0 Å². The van der Waals surface area contributed by atoms with Crippen LogP contribution in [0.1, 0.15) is 33.1 Å². The molecule has 3 heteroatoms. The van der Waals surface area contributed by atoms with Crippen molar-refractivity contribution in [2.75, 3.05) is 26.2 Å². The van der Waals surface area contributed by atoms with Crippen LogP contribution >= 0.6 is 0 Å². The third kappa shape index (κ3) is 8.22. The first-order valence-electron chi connectivity index (χ1n) is 5.22. The second kappa shape index (κ2) is 8.48. The summed E-state index contributed by atoms with van der Waals surface area (Å²) in [5.74, 6) is 0. The summed E-state index contributed by atoms with van der Waals surface area (Å²) in [6.07, 6.45) is 2.57. The SMILES string of the molecule is CCCN(CCCO)CCC(C)O. The lowest BCUT2D eigenvalue weighted by molar-refractivity contribution is 0.151. The molecule has 0 rings (SSSR count). The molecule has 0 saturated carbocycles. The molecule has 0 radical (unpaired) electrons. The topological polar surface area (TPSA) is 43.7 Å². The molecule has 0 aliphatic rings. The van der Waals surface area contributed by atoms with Gasteiger partial charge in [0.05, 0.1) is 6.10 Å². The fourth-order valence-corrected chi connectivity index (χ4v) is 1.32. The van der Waals surface area contributed by atoms with E-state index in [0.717, 1.165) is 38.9 Å². The van der Waals surface area contributed by atoms with Crippen LogP contribution in [0.3, 0.4) is 0 Å². The molecule has 2 N–H and O–H groups in total. The summed E-state index contributed by atoms with van der Waals surface area (Å²) in [5, 5.41) is 17.8. The molecule has 1 unspecified atom stereocenters. The maximum Gasteiger partial charge on any atom is 0.0524 e. The van der Waals surface area contributed by atoms with Crippen LogP contribution in [0.5, 0.6) is 0 Å². The fourth-order valence-electron chi connectivity index (χ4n) is 1.32. The summed E-state index contributed by atoms with van der Waals surface area (Å²) in [4.78, 5) is 2.29. The number of hydrogen-bond donors (Lipinski definition) is 2.